The van der Waals surface area contributed by atoms with Gasteiger partial charge in [0.25, 0.3) is 5.91 Å². The van der Waals surface area contributed by atoms with Crippen LogP contribution in [0.4, 0.5) is 0 Å². The van der Waals surface area contributed by atoms with E-state index >= 15 is 0 Å². The van der Waals surface area contributed by atoms with E-state index in [0.717, 1.165) is 53.9 Å². The third-order valence-corrected chi connectivity index (χ3v) is 6.38. The number of ether oxygens (including phenoxy) is 1. The maximum atomic E-state index is 13.0. The normalized spacial score (nSPS) is 22.9. The standard InChI is InChI=1S/C25H28N2O3/c1-2-14-29-22-9-4-3-7-19(22)20-8-5-6-18-15-23(30-24(18)20)25(28)26-21-16-27-12-10-17(21)11-13-27/h3-9,15,17,21H,2,10-14,16H2,1H3,(H,26,28). The number of nitrogens with one attached hydrogen (secondary N) is 1. The Labute approximate surface area is 177 Å². The molecular weight excluding hydrogens is 376 g/mol. The van der Waals surface area contributed by atoms with E-state index in [1.165, 1.54) is 12.8 Å². The van der Waals surface area contributed by atoms with E-state index in [2.05, 4.69) is 17.1 Å². The Balaban J connectivity index is 1.44. The summed E-state index contributed by atoms with van der Waals surface area (Å²) < 4.78 is 12.1. The van der Waals surface area contributed by atoms with Crippen LogP contribution in [0.5, 0.6) is 5.75 Å². The van der Waals surface area contributed by atoms with Crippen LogP contribution < -0.4 is 10.1 Å². The molecule has 156 valence electrons. The minimum atomic E-state index is -0.119. The Hall–Kier alpha value is -2.79. The van der Waals surface area contributed by atoms with Crippen LogP contribution in [0.2, 0.25) is 0 Å². The number of para-hydroxylation sites is 2. The highest BCUT2D eigenvalue weighted by atomic mass is 16.5. The lowest BCUT2D eigenvalue weighted by Gasteiger charge is -2.44. The van der Waals surface area contributed by atoms with Gasteiger partial charge in [-0.3, -0.25) is 4.79 Å². The summed E-state index contributed by atoms with van der Waals surface area (Å²) in [6.07, 6.45) is 3.29. The molecule has 6 rings (SSSR count). The maximum Gasteiger partial charge on any atom is 0.287 e. The number of nitrogens with zero attached hydrogens (tertiary/aromatic N) is 1. The summed E-state index contributed by atoms with van der Waals surface area (Å²) in [5.41, 5.74) is 2.65. The molecule has 1 unspecified atom stereocenters. The summed E-state index contributed by atoms with van der Waals surface area (Å²) in [6, 6.07) is 16.1. The van der Waals surface area contributed by atoms with Crippen molar-refractivity contribution in [3.05, 3.63) is 54.3 Å². The number of hydrogen-bond acceptors (Lipinski definition) is 4. The number of rotatable bonds is 6. The van der Waals surface area contributed by atoms with Crippen molar-refractivity contribution in [3.63, 3.8) is 0 Å². The Bertz CT molecular complexity index is 1050. The molecule has 0 radical (unpaired) electrons. The lowest BCUT2D eigenvalue weighted by Crippen LogP contribution is -2.57. The number of fused-ring (bicyclic) bond motifs is 4. The Morgan fingerprint density at radius 2 is 1.93 bits per heavy atom. The molecule has 0 aliphatic carbocycles. The second-order valence-corrected chi connectivity index (χ2v) is 8.40. The fraction of sp³-hybridized carbons (Fsp3) is 0.400. The van der Waals surface area contributed by atoms with Gasteiger partial charge in [0, 0.05) is 29.1 Å². The van der Waals surface area contributed by atoms with Crippen LogP contribution >= 0.6 is 0 Å². The molecule has 5 heteroatoms. The summed E-state index contributed by atoms with van der Waals surface area (Å²) in [5.74, 6) is 1.68. The first-order valence-electron chi connectivity index (χ1n) is 11.0. The molecule has 1 aromatic heterocycles. The van der Waals surface area contributed by atoms with Gasteiger partial charge in [-0.25, -0.2) is 0 Å². The fourth-order valence-electron chi connectivity index (χ4n) is 4.78. The molecule has 1 N–H and O–H groups in total. The van der Waals surface area contributed by atoms with Gasteiger partial charge in [0.2, 0.25) is 0 Å². The summed E-state index contributed by atoms with van der Waals surface area (Å²) in [4.78, 5) is 15.4. The van der Waals surface area contributed by atoms with E-state index in [0.29, 0.717) is 18.3 Å². The van der Waals surface area contributed by atoms with Crippen LogP contribution in [0.15, 0.2) is 52.9 Å². The lowest BCUT2D eigenvalue weighted by molar-refractivity contribution is 0.0607. The van der Waals surface area contributed by atoms with Crippen LogP contribution in [-0.2, 0) is 0 Å². The summed E-state index contributed by atoms with van der Waals surface area (Å²) >= 11 is 0. The van der Waals surface area contributed by atoms with E-state index in [9.17, 15) is 4.79 Å². The highest BCUT2D eigenvalue weighted by Crippen LogP contribution is 2.36. The first-order valence-corrected chi connectivity index (χ1v) is 11.0. The maximum absolute atomic E-state index is 13.0. The largest absolute Gasteiger partial charge is 0.493 e. The number of hydrogen-bond donors (Lipinski definition) is 1. The van der Waals surface area contributed by atoms with Crippen LogP contribution in [-0.4, -0.2) is 43.1 Å². The Morgan fingerprint density at radius 1 is 1.13 bits per heavy atom. The van der Waals surface area contributed by atoms with Crippen molar-refractivity contribution >= 4 is 16.9 Å². The van der Waals surface area contributed by atoms with Gasteiger partial charge < -0.3 is 19.4 Å². The highest BCUT2D eigenvalue weighted by molar-refractivity contribution is 6.00. The van der Waals surface area contributed by atoms with Crippen molar-refractivity contribution in [1.82, 2.24) is 10.2 Å². The number of piperidine rings is 3. The van der Waals surface area contributed by atoms with Crippen molar-refractivity contribution in [2.75, 3.05) is 26.2 Å². The van der Waals surface area contributed by atoms with Crippen LogP contribution in [0, 0.1) is 5.92 Å². The zero-order chi connectivity index (χ0) is 20.5. The van der Waals surface area contributed by atoms with E-state index in [1.807, 2.05) is 48.5 Å². The van der Waals surface area contributed by atoms with Gasteiger partial charge in [-0.15, -0.1) is 0 Å². The molecule has 3 aromatic rings. The number of carbonyl (C=O) groups is 1. The number of benzene rings is 2. The summed E-state index contributed by atoms with van der Waals surface area (Å²) in [6.45, 7) is 6.02. The van der Waals surface area contributed by atoms with Crippen molar-refractivity contribution in [1.29, 1.82) is 0 Å². The minimum absolute atomic E-state index is 0.119. The van der Waals surface area contributed by atoms with Gasteiger partial charge in [0.15, 0.2) is 5.76 Å². The lowest BCUT2D eigenvalue weighted by atomic mass is 9.84. The average molecular weight is 405 g/mol. The Kier molecular flexibility index (Phi) is 5.21. The van der Waals surface area contributed by atoms with E-state index in [1.54, 1.807) is 0 Å². The molecule has 3 aliphatic heterocycles. The van der Waals surface area contributed by atoms with Crippen LogP contribution in [0.25, 0.3) is 22.1 Å². The molecule has 1 amide bonds. The molecule has 3 saturated heterocycles. The SMILES string of the molecule is CCCOc1ccccc1-c1cccc2cc(C(=O)NC3CN4CCC3CC4)oc12. The van der Waals surface area contributed by atoms with Crippen molar-refractivity contribution in [2.45, 2.75) is 32.2 Å². The second-order valence-electron chi connectivity index (χ2n) is 8.40. The van der Waals surface area contributed by atoms with Gasteiger partial charge in [0.1, 0.15) is 11.3 Å². The van der Waals surface area contributed by atoms with Crippen LogP contribution in [0.3, 0.4) is 0 Å². The van der Waals surface area contributed by atoms with E-state index < -0.39 is 0 Å². The third-order valence-electron chi connectivity index (χ3n) is 6.38. The van der Waals surface area contributed by atoms with Gasteiger partial charge >= 0.3 is 0 Å². The first-order chi connectivity index (χ1) is 14.7. The predicted molar refractivity (Wildman–Crippen MR) is 118 cm³/mol. The molecule has 4 heterocycles. The fourth-order valence-corrected chi connectivity index (χ4v) is 4.78. The third kappa shape index (κ3) is 3.58. The van der Waals surface area contributed by atoms with Crippen molar-refractivity contribution < 1.29 is 13.9 Å². The molecule has 0 spiro atoms. The predicted octanol–water partition coefficient (Wildman–Crippen LogP) is 4.71. The zero-order valence-corrected chi connectivity index (χ0v) is 17.4. The minimum Gasteiger partial charge on any atom is -0.493 e. The molecule has 3 fully saturated rings. The van der Waals surface area contributed by atoms with E-state index in [4.69, 9.17) is 9.15 Å². The van der Waals surface area contributed by atoms with Gasteiger partial charge in [0.05, 0.1) is 6.61 Å². The molecule has 5 nitrogen and oxygen atoms in total. The molecule has 2 bridgehead atoms. The van der Waals surface area contributed by atoms with Crippen LogP contribution in [0.1, 0.15) is 36.7 Å². The summed E-state index contributed by atoms with van der Waals surface area (Å²) in [5, 5.41) is 4.15. The quantitative estimate of drug-likeness (QED) is 0.646. The van der Waals surface area contributed by atoms with E-state index in [-0.39, 0.29) is 11.9 Å². The van der Waals surface area contributed by atoms with Gasteiger partial charge in [-0.05, 0) is 50.4 Å². The Morgan fingerprint density at radius 3 is 2.70 bits per heavy atom. The highest BCUT2D eigenvalue weighted by Gasteiger charge is 2.35. The molecule has 2 aromatic carbocycles. The summed E-state index contributed by atoms with van der Waals surface area (Å²) in [7, 11) is 0. The van der Waals surface area contributed by atoms with Crippen molar-refractivity contribution in [2.24, 2.45) is 5.92 Å². The zero-order valence-electron chi connectivity index (χ0n) is 17.4. The average Bonchev–Trinajstić information content (AvgIpc) is 3.23. The number of amides is 1. The van der Waals surface area contributed by atoms with Gasteiger partial charge in [-0.2, -0.15) is 0 Å². The number of carbonyl (C=O) groups excluding carboxylic acids is 1. The molecular formula is C25H28N2O3. The number of furan rings is 1. The molecule has 30 heavy (non-hydrogen) atoms. The van der Waals surface area contributed by atoms with Crippen molar-refractivity contribution in [3.8, 4) is 16.9 Å². The molecule has 1 atom stereocenters. The monoisotopic (exact) mass is 404 g/mol. The smallest absolute Gasteiger partial charge is 0.287 e. The topological polar surface area (TPSA) is 54.7 Å². The molecule has 0 saturated carbocycles. The first kappa shape index (κ1) is 19.2. The second kappa shape index (κ2) is 8.15. The molecule has 3 aliphatic rings. The van der Waals surface area contributed by atoms with Gasteiger partial charge in [-0.1, -0.05) is 43.3 Å².